The number of fused-ring (bicyclic) bond motifs is 1. The van der Waals surface area contributed by atoms with Gasteiger partial charge < -0.3 is 18.8 Å². The zero-order chi connectivity index (χ0) is 24.9. The van der Waals surface area contributed by atoms with Crippen molar-refractivity contribution in [2.24, 2.45) is 5.92 Å². The Kier molecular flexibility index (Phi) is 7.76. The monoisotopic (exact) mass is 478 g/mol. The number of likely N-dealkylation sites (N-methyl/N-ethyl adjacent to an activating group) is 1. The van der Waals surface area contributed by atoms with Crippen LogP contribution in [0.3, 0.4) is 0 Å². The number of nitrogens with zero attached hydrogens (tertiary/aromatic N) is 2. The number of furan rings is 1. The van der Waals surface area contributed by atoms with Crippen LogP contribution in [-0.4, -0.2) is 62.1 Å². The quantitative estimate of drug-likeness (QED) is 0.418. The van der Waals surface area contributed by atoms with Crippen LogP contribution in [0.15, 0.2) is 59.2 Å². The number of rotatable bonds is 9. The Morgan fingerprint density at radius 1 is 1.11 bits per heavy atom. The summed E-state index contributed by atoms with van der Waals surface area (Å²) in [4.78, 5) is 30.5. The molecule has 0 saturated carbocycles. The first-order valence-corrected chi connectivity index (χ1v) is 12.2. The topological polar surface area (TPSA) is 72.2 Å². The van der Waals surface area contributed by atoms with Gasteiger partial charge in [-0.2, -0.15) is 0 Å². The molecular formula is C28H34N2O5. The maximum Gasteiger partial charge on any atom is 0.311 e. The molecule has 186 valence electrons. The number of ether oxygens (including phenoxy) is 2. The maximum absolute atomic E-state index is 13.5. The summed E-state index contributed by atoms with van der Waals surface area (Å²) in [7, 11) is 3.46. The summed E-state index contributed by atoms with van der Waals surface area (Å²) in [5.41, 5.74) is 2.77. The number of carbonyl (C=O) groups excluding carboxylic acids is 2. The summed E-state index contributed by atoms with van der Waals surface area (Å²) in [6.07, 6.45) is 2.56. The average molecular weight is 479 g/mol. The number of esters is 1. The lowest BCUT2D eigenvalue weighted by atomic mass is 9.81. The molecule has 7 heteroatoms. The van der Waals surface area contributed by atoms with Gasteiger partial charge in [0.2, 0.25) is 5.91 Å². The van der Waals surface area contributed by atoms with E-state index in [-0.39, 0.29) is 30.4 Å². The third-order valence-corrected chi connectivity index (χ3v) is 6.87. The van der Waals surface area contributed by atoms with Gasteiger partial charge in [-0.3, -0.25) is 14.5 Å². The van der Waals surface area contributed by atoms with Gasteiger partial charge in [0.15, 0.2) is 0 Å². The molecular weight excluding hydrogens is 444 g/mol. The lowest BCUT2D eigenvalue weighted by Crippen LogP contribution is -2.39. The predicted molar refractivity (Wildman–Crippen MR) is 134 cm³/mol. The van der Waals surface area contributed by atoms with Gasteiger partial charge in [-0.15, -0.1) is 0 Å². The molecule has 1 amide bonds. The third-order valence-electron chi connectivity index (χ3n) is 6.87. The SMILES string of the molecule is CCCN(C)C(=O)CN1C[C@H](c2cccc3occc23)[C@@H](C(=O)OCC)[C@@H]1c1ccc(OC)cc1. The number of likely N-dealkylation sites (tertiary alicyclic amines) is 1. The molecule has 1 saturated heterocycles. The normalized spacial score (nSPS) is 20.2. The number of methoxy groups -OCH3 is 1. The van der Waals surface area contributed by atoms with Gasteiger partial charge in [-0.25, -0.2) is 0 Å². The van der Waals surface area contributed by atoms with Crippen LogP contribution in [0.4, 0.5) is 0 Å². The van der Waals surface area contributed by atoms with Crippen LogP contribution >= 0.6 is 0 Å². The molecule has 1 aliphatic rings. The Hall–Kier alpha value is -3.32. The maximum atomic E-state index is 13.5. The second-order valence-corrected chi connectivity index (χ2v) is 9.03. The molecule has 0 bridgehead atoms. The summed E-state index contributed by atoms with van der Waals surface area (Å²) in [6.45, 7) is 5.64. The van der Waals surface area contributed by atoms with Crippen LogP contribution in [0.1, 0.15) is 43.4 Å². The Morgan fingerprint density at radius 2 is 1.89 bits per heavy atom. The largest absolute Gasteiger partial charge is 0.497 e. The lowest BCUT2D eigenvalue weighted by molar-refractivity contribution is -0.149. The zero-order valence-corrected chi connectivity index (χ0v) is 20.9. The van der Waals surface area contributed by atoms with Gasteiger partial charge in [0, 0.05) is 37.5 Å². The molecule has 7 nitrogen and oxygen atoms in total. The summed E-state index contributed by atoms with van der Waals surface area (Å²) in [5.74, 6) is -0.116. The molecule has 0 aliphatic carbocycles. The van der Waals surface area contributed by atoms with Crippen LogP contribution in [0.5, 0.6) is 5.75 Å². The zero-order valence-electron chi connectivity index (χ0n) is 20.9. The van der Waals surface area contributed by atoms with E-state index in [4.69, 9.17) is 13.9 Å². The number of amides is 1. The van der Waals surface area contributed by atoms with Crippen molar-refractivity contribution in [2.45, 2.75) is 32.2 Å². The molecule has 0 unspecified atom stereocenters. The van der Waals surface area contributed by atoms with Crippen molar-refractivity contribution in [3.05, 3.63) is 65.9 Å². The number of benzene rings is 2. The third kappa shape index (κ3) is 5.05. The van der Waals surface area contributed by atoms with E-state index < -0.39 is 5.92 Å². The standard InChI is InChI=1S/C28H34N2O5/c1-5-15-29(3)25(31)18-30-17-23(21-8-7-9-24-22(21)14-16-35-24)26(28(32)34-6-2)27(30)19-10-12-20(33-4)13-11-19/h7-14,16,23,26-27H,5-6,15,17-18H2,1-4H3/t23-,26-,27+/m1/s1. The second-order valence-electron chi connectivity index (χ2n) is 9.03. The van der Waals surface area contributed by atoms with E-state index in [1.807, 2.05) is 62.5 Å². The molecule has 1 aromatic heterocycles. The highest BCUT2D eigenvalue weighted by molar-refractivity contribution is 5.84. The first-order valence-electron chi connectivity index (χ1n) is 12.2. The van der Waals surface area contributed by atoms with Crippen molar-refractivity contribution in [2.75, 3.05) is 40.4 Å². The van der Waals surface area contributed by atoms with E-state index >= 15 is 0 Å². The van der Waals surface area contributed by atoms with Gasteiger partial charge in [-0.1, -0.05) is 31.2 Å². The highest BCUT2D eigenvalue weighted by Gasteiger charge is 2.49. The average Bonchev–Trinajstić information content (AvgIpc) is 3.49. The van der Waals surface area contributed by atoms with Gasteiger partial charge in [-0.05, 0) is 48.7 Å². The summed E-state index contributed by atoms with van der Waals surface area (Å²) >= 11 is 0. The van der Waals surface area contributed by atoms with E-state index in [9.17, 15) is 9.59 Å². The van der Waals surface area contributed by atoms with E-state index in [0.29, 0.717) is 19.7 Å². The van der Waals surface area contributed by atoms with E-state index in [0.717, 1.165) is 34.3 Å². The van der Waals surface area contributed by atoms with Crippen molar-refractivity contribution in [3.8, 4) is 5.75 Å². The van der Waals surface area contributed by atoms with Gasteiger partial charge in [0.1, 0.15) is 11.3 Å². The molecule has 1 fully saturated rings. The highest BCUT2D eigenvalue weighted by atomic mass is 16.5. The highest BCUT2D eigenvalue weighted by Crippen LogP contribution is 2.48. The Bertz CT molecular complexity index is 1160. The van der Waals surface area contributed by atoms with E-state index in [2.05, 4.69) is 11.8 Å². The number of hydrogen-bond acceptors (Lipinski definition) is 6. The van der Waals surface area contributed by atoms with E-state index in [1.54, 1.807) is 18.3 Å². The summed E-state index contributed by atoms with van der Waals surface area (Å²) in [6, 6.07) is 15.3. The summed E-state index contributed by atoms with van der Waals surface area (Å²) in [5, 5.41) is 0.983. The van der Waals surface area contributed by atoms with Crippen LogP contribution in [0, 0.1) is 5.92 Å². The van der Waals surface area contributed by atoms with Crippen molar-refractivity contribution in [1.29, 1.82) is 0 Å². The van der Waals surface area contributed by atoms with Gasteiger partial charge in [0.05, 0.1) is 32.4 Å². The van der Waals surface area contributed by atoms with E-state index in [1.165, 1.54) is 0 Å². The molecule has 1 aliphatic heterocycles. The smallest absolute Gasteiger partial charge is 0.311 e. The molecule has 0 N–H and O–H groups in total. The number of hydrogen-bond donors (Lipinski definition) is 0. The molecule has 35 heavy (non-hydrogen) atoms. The van der Waals surface area contributed by atoms with Crippen molar-refractivity contribution in [3.63, 3.8) is 0 Å². The second kappa shape index (κ2) is 11.0. The molecule has 2 heterocycles. The Morgan fingerprint density at radius 3 is 2.57 bits per heavy atom. The minimum Gasteiger partial charge on any atom is -0.497 e. The predicted octanol–water partition coefficient (Wildman–Crippen LogP) is 4.63. The summed E-state index contributed by atoms with van der Waals surface area (Å²) < 4.78 is 16.6. The molecule has 2 aromatic carbocycles. The fourth-order valence-corrected chi connectivity index (χ4v) is 5.23. The van der Waals surface area contributed by atoms with Crippen molar-refractivity contribution < 1.29 is 23.5 Å². The fraction of sp³-hybridized carbons (Fsp3) is 0.429. The van der Waals surface area contributed by atoms with Gasteiger partial charge in [0.25, 0.3) is 0 Å². The molecule has 4 rings (SSSR count). The Balaban J connectivity index is 1.79. The first-order chi connectivity index (χ1) is 17.0. The molecule has 3 atom stereocenters. The van der Waals surface area contributed by atoms with Crippen LogP contribution in [0.25, 0.3) is 11.0 Å². The van der Waals surface area contributed by atoms with Gasteiger partial charge >= 0.3 is 5.97 Å². The van der Waals surface area contributed by atoms with Crippen molar-refractivity contribution in [1.82, 2.24) is 9.80 Å². The lowest BCUT2D eigenvalue weighted by Gasteiger charge is -2.29. The fourth-order valence-electron chi connectivity index (χ4n) is 5.23. The van der Waals surface area contributed by atoms with Crippen LogP contribution in [-0.2, 0) is 14.3 Å². The molecule has 0 spiro atoms. The minimum atomic E-state index is -0.479. The molecule has 3 aromatic rings. The van der Waals surface area contributed by atoms with Crippen LogP contribution in [0.2, 0.25) is 0 Å². The van der Waals surface area contributed by atoms with Crippen LogP contribution < -0.4 is 4.74 Å². The molecule has 0 radical (unpaired) electrons. The first kappa shape index (κ1) is 24.8. The number of carbonyl (C=O) groups is 2. The minimum absolute atomic E-state index is 0.0372. The van der Waals surface area contributed by atoms with Crippen molar-refractivity contribution >= 4 is 22.8 Å². The Labute approximate surface area is 206 Å².